The number of hydrogen-bond acceptors (Lipinski definition) is 2. The Bertz CT molecular complexity index is 280. The first kappa shape index (κ1) is 12.8. The first-order valence-electron chi connectivity index (χ1n) is 5.73. The van der Waals surface area contributed by atoms with Gasteiger partial charge in [-0.1, -0.05) is 13.3 Å². The van der Waals surface area contributed by atoms with Crippen LogP contribution in [0, 0.1) is 5.92 Å². The zero-order valence-electron chi connectivity index (χ0n) is 10.1. The Morgan fingerprint density at radius 1 is 1.56 bits per heavy atom. The lowest BCUT2D eigenvalue weighted by Crippen LogP contribution is -2.46. The third-order valence-electron chi connectivity index (χ3n) is 3.15. The van der Waals surface area contributed by atoms with E-state index in [0.717, 1.165) is 19.3 Å². The summed E-state index contributed by atoms with van der Waals surface area (Å²) in [6.07, 6.45) is 3.27. The smallest absolute Gasteiger partial charge is 0.326 e. The van der Waals surface area contributed by atoms with E-state index in [2.05, 4.69) is 12.2 Å². The highest BCUT2D eigenvalue weighted by Crippen LogP contribution is 2.34. The molecular formula is C11H20N2O3. The molecule has 1 aliphatic rings. The Morgan fingerprint density at radius 2 is 2.19 bits per heavy atom. The lowest BCUT2D eigenvalue weighted by atomic mass is 10.2. The van der Waals surface area contributed by atoms with Gasteiger partial charge in [0.2, 0.25) is 0 Å². The summed E-state index contributed by atoms with van der Waals surface area (Å²) in [5.74, 6) is -0.402. The van der Waals surface area contributed by atoms with E-state index in [1.54, 1.807) is 0 Å². The Labute approximate surface area is 95.8 Å². The van der Waals surface area contributed by atoms with Crippen LogP contribution in [0.15, 0.2) is 0 Å². The number of likely N-dealkylation sites (N-methyl/N-ethyl adjacent to an activating group) is 1. The van der Waals surface area contributed by atoms with Crippen LogP contribution < -0.4 is 5.32 Å². The Hall–Kier alpha value is -1.26. The van der Waals surface area contributed by atoms with Crippen molar-refractivity contribution in [3.63, 3.8) is 0 Å². The summed E-state index contributed by atoms with van der Waals surface area (Å²) in [6, 6.07) is -0.835. The number of amides is 2. The lowest BCUT2D eigenvalue weighted by molar-refractivity contribution is -0.141. The van der Waals surface area contributed by atoms with Crippen molar-refractivity contribution in [3.05, 3.63) is 0 Å². The molecule has 0 saturated heterocycles. The minimum absolute atomic E-state index is 0.246. The molecule has 1 fully saturated rings. The van der Waals surface area contributed by atoms with Crippen LogP contribution in [0.5, 0.6) is 0 Å². The zero-order valence-corrected chi connectivity index (χ0v) is 10.1. The molecule has 1 rings (SSSR count). The van der Waals surface area contributed by atoms with E-state index in [-0.39, 0.29) is 12.1 Å². The van der Waals surface area contributed by atoms with Crippen molar-refractivity contribution in [1.29, 1.82) is 0 Å². The minimum Gasteiger partial charge on any atom is -0.480 e. The fourth-order valence-corrected chi connectivity index (χ4v) is 1.72. The lowest BCUT2D eigenvalue weighted by Gasteiger charge is -2.21. The number of carbonyl (C=O) groups is 2. The van der Waals surface area contributed by atoms with Gasteiger partial charge in [-0.15, -0.1) is 0 Å². The van der Waals surface area contributed by atoms with Crippen LogP contribution in [0.2, 0.25) is 0 Å². The number of aliphatic carboxylic acids is 1. The largest absolute Gasteiger partial charge is 0.480 e. The molecule has 92 valence electrons. The van der Waals surface area contributed by atoms with Crippen LogP contribution in [-0.4, -0.2) is 41.1 Å². The molecular weight excluding hydrogens is 208 g/mol. The highest BCUT2D eigenvalue weighted by atomic mass is 16.4. The average molecular weight is 228 g/mol. The van der Waals surface area contributed by atoms with Crippen LogP contribution in [-0.2, 0) is 4.79 Å². The number of carboxylic acids is 1. The summed E-state index contributed by atoms with van der Waals surface area (Å²) in [4.78, 5) is 23.6. The van der Waals surface area contributed by atoms with Crippen molar-refractivity contribution in [3.8, 4) is 0 Å². The first-order valence-corrected chi connectivity index (χ1v) is 5.73. The third kappa shape index (κ3) is 3.12. The molecule has 0 aliphatic heterocycles. The topological polar surface area (TPSA) is 69.6 Å². The number of urea groups is 1. The molecule has 5 heteroatoms. The number of carbonyl (C=O) groups excluding carboxylic acids is 1. The molecule has 1 aliphatic carbocycles. The molecule has 2 N–H and O–H groups in total. The van der Waals surface area contributed by atoms with E-state index >= 15 is 0 Å². The van der Waals surface area contributed by atoms with Crippen molar-refractivity contribution < 1.29 is 14.7 Å². The highest BCUT2D eigenvalue weighted by Gasteiger charge is 2.38. The number of nitrogens with one attached hydrogen (secondary N) is 1. The van der Waals surface area contributed by atoms with Crippen LogP contribution in [0.25, 0.3) is 0 Å². The summed E-state index contributed by atoms with van der Waals surface area (Å²) in [7, 11) is 1.51. The van der Waals surface area contributed by atoms with Gasteiger partial charge in [-0.25, -0.2) is 9.59 Å². The number of carboxylic acid groups (broad SMARTS) is 1. The van der Waals surface area contributed by atoms with Crippen molar-refractivity contribution in [2.75, 3.05) is 7.05 Å². The number of rotatable bonds is 5. The van der Waals surface area contributed by atoms with Crippen molar-refractivity contribution >= 4 is 12.0 Å². The maximum absolute atomic E-state index is 11.6. The molecule has 3 unspecified atom stereocenters. The van der Waals surface area contributed by atoms with E-state index in [0.29, 0.717) is 5.92 Å². The molecule has 1 saturated carbocycles. The monoisotopic (exact) mass is 228 g/mol. The molecule has 0 radical (unpaired) electrons. The maximum atomic E-state index is 11.6. The average Bonchev–Trinajstić information content (AvgIpc) is 2.94. The molecule has 0 aromatic carbocycles. The van der Waals surface area contributed by atoms with Gasteiger partial charge in [-0.05, 0) is 25.7 Å². The molecule has 0 spiro atoms. The van der Waals surface area contributed by atoms with Crippen LogP contribution in [0.1, 0.15) is 33.1 Å². The standard InChI is InChI=1S/C11H20N2O3/c1-4-5-8-6-9(8)12-11(16)13(3)7(2)10(14)15/h7-9H,4-6H2,1-3H3,(H,12,16)(H,14,15). The van der Waals surface area contributed by atoms with E-state index in [4.69, 9.17) is 5.11 Å². The van der Waals surface area contributed by atoms with Gasteiger partial charge in [0.1, 0.15) is 6.04 Å². The fraction of sp³-hybridized carbons (Fsp3) is 0.818. The fourth-order valence-electron chi connectivity index (χ4n) is 1.72. The van der Waals surface area contributed by atoms with Gasteiger partial charge >= 0.3 is 12.0 Å². The van der Waals surface area contributed by atoms with Crippen molar-refractivity contribution in [2.24, 2.45) is 5.92 Å². The number of nitrogens with zero attached hydrogens (tertiary/aromatic N) is 1. The molecule has 2 amide bonds. The van der Waals surface area contributed by atoms with Gasteiger partial charge < -0.3 is 15.3 Å². The predicted molar refractivity (Wildman–Crippen MR) is 60.2 cm³/mol. The second-order valence-electron chi connectivity index (χ2n) is 4.47. The molecule has 16 heavy (non-hydrogen) atoms. The highest BCUT2D eigenvalue weighted by molar-refractivity contribution is 5.82. The molecule has 5 nitrogen and oxygen atoms in total. The molecule has 0 aromatic rings. The minimum atomic E-state index is -0.987. The Morgan fingerprint density at radius 3 is 2.69 bits per heavy atom. The summed E-state index contributed by atoms with van der Waals surface area (Å²) in [5, 5.41) is 11.6. The molecule has 3 atom stereocenters. The Kier molecular flexibility index (Phi) is 4.15. The second-order valence-corrected chi connectivity index (χ2v) is 4.47. The Balaban J connectivity index is 2.33. The normalized spacial score (nSPS) is 24.7. The molecule has 0 aromatic heterocycles. The zero-order chi connectivity index (χ0) is 12.3. The SMILES string of the molecule is CCCC1CC1NC(=O)N(C)C(C)C(=O)O. The number of hydrogen-bond donors (Lipinski definition) is 2. The van der Waals surface area contributed by atoms with Gasteiger partial charge in [0.15, 0.2) is 0 Å². The van der Waals surface area contributed by atoms with E-state index in [1.807, 2.05) is 0 Å². The van der Waals surface area contributed by atoms with Gasteiger partial charge in [-0.3, -0.25) is 0 Å². The quantitative estimate of drug-likeness (QED) is 0.745. The van der Waals surface area contributed by atoms with Gasteiger partial charge in [0.05, 0.1) is 0 Å². The summed E-state index contributed by atoms with van der Waals surface area (Å²) in [5.41, 5.74) is 0. The van der Waals surface area contributed by atoms with E-state index in [9.17, 15) is 9.59 Å². The van der Waals surface area contributed by atoms with Gasteiger partial charge in [-0.2, -0.15) is 0 Å². The van der Waals surface area contributed by atoms with Crippen molar-refractivity contribution in [2.45, 2.75) is 45.2 Å². The second kappa shape index (κ2) is 5.18. The van der Waals surface area contributed by atoms with Crippen LogP contribution in [0.4, 0.5) is 4.79 Å². The summed E-state index contributed by atoms with van der Waals surface area (Å²) in [6.45, 7) is 3.62. The maximum Gasteiger partial charge on any atom is 0.326 e. The molecule has 0 heterocycles. The third-order valence-corrected chi connectivity index (χ3v) is 3.15. The van der Waals surface area contributed by atoms with Crippen LogP contribution in [0.3, 0.4) is 0 Å². The van der Waals surface area contributed by atoms with Gasteiger partial charge in [0.25, 0.3) is 0 Å². The molecule has 0 bridgehead atoms. The van der Waals surface area contributed by atoms with Crippen LogP contribution >= 0.6 is 0 Å². The predicted octanol–water partition coefficient (Wildman–Crippen LogP) is 1.29. The first-order chi connectivity index (χ1) is 7.47. The van der Waals surface area contributed by atoms with E-state index < -0.39 is 12.0 Å². The van der Waals surface area contributed by atoms with Gasteiger partial charge in [0, 0.05) is 13.1 Å². The summed E-state index contributed by atoms with van der Waals surface area (Å²) < 4.78 is 0. The van der Waals surface area contributed by atoms with E-state index in [1.165, 1.54) is 18.9 Å². The van der Waals surface area contributed by atoms with Crippen molar-refractivity contribution in [1.82, 2.24) is 10.2 Å². The summed E-state index contributed by atoms with van der Waals surface area (Å²) >= 11 is 0.